The highest BCUT2D eigenvalue weighted by atomic mass is 16.7. The zero-order chi connectivity index (χ0) is 30.4. The van der Waals surface area contributed by atoms with E-state index in [2.05, 4.69) is 10.6 Å². The number of aliphatic hydroxyl groups is 1. The van der Waals surface area contributed by atoms with Crippen molar-refractivity contribution in [1.82, 2.24) is 10.2 Å². The first kappa shape index (κ1) is 32.9. The summed E-state index contributed by atoms with van der Waals surface area (Å²) in [6, 6.07) is 4.58. The molecule has 1 saturated heterocycles. The minimum Gasteiger partial charge on any atom is -0.479 e. The number of carboxylic acids is 1. The van der Waals surface area contributed by atoms with E-state index in [0.717, 1.165) is 4.90 Å². The molecule has 4 amide bonds. The molecule has 0 bridgehead atoms. The molecule has 1 aliphatic rings. The normalized spacial score (nSPS) is 18.3. The molecule has 0 saturated carbocycles. The third kappa shape index (κ3) is 11.8. The Balaban J connectivity index is 1.95. The zero-order valence-corrected chi connectivity index (χ0v) is 22.9. The van der Waals surface area contributed by atoms with Crippen molar-refractivity contribution in [3.63, 3.8) is 0 Å². The number of amides is 4. The summed E-state index contributed by atoms with van der Waals surface area (Å²) in [7, 11) is 0. The van der Waals surface area contributed by atoms with Crippen LogP contribution in [0.3, 0.4) is 0 Å². The van der Waals surface area contributed by atoms with E-state index in [1.165, 1.54) is 31.2 Å². The Kier molecular flexibility index (Phi) is 13.4. The van der Waals surface area contributed by atoms with Crippen LogP contribution in [-0.2, 0) is 44.8 Å². The van der Waals surface area contributed by atoms with Gasteiger partial charge in [-0.05, 0) is 37.1 Å². The zero-order valence-electron chi connectivity index (χ0n) is 22.9. The van der Waals surface area contributed by atoms with E-state index < -0.39 is 42.3 Å². The van der Waals surface area contributed by atoms with Gasteiger partial charge in [-0.3, -0.25) is 28.9 Å². The number of nitrogens with zero attached hydrogens (tertiary/aromatic N) is 1. The highest BCUT2D eigenvalue weighted by molar-refractivity contribution is 5.94. The lowest BCUT2D eigenvalue weighted by atomic mass is 10.1. The van der Waals surface area contributed by atoms with Gasteiger partial charge in [-0.15, -0.1) is 0 Å². The Morgan fingerprint density at radius 2 is 1.90 bits per heavy atom. The maximum Gasteiger partial charge on any atom is 0.333 e. The SMILES string of the molecule is C/C=C\C(=O)N(C=O)CCCC(=O)NCCC(=O)Nc1cc(COC(C)=O)ccc1OC1CC(O)CC(C(=O)O)O1. The van der Waals surface area contributed by atoms with Gasteiger partial charge in [0.25, 0.3) is 5.91 Å². The molecular weight excluding hydrogens is 542 g/mol. The van der Waals surface area contributed by atoms with Crippen molar-refractivity contribution >= 4 is 41.8 Å². The Labute approximate surface area is 236 Å². The molecule has 4 N–H and O–H groups in total. The first-order valence-electron chi connectivity index (χ1n) is 13.0. The summed E-state index contributed by atoms with van der Waals surface area (Å²) in [6.45, 7) is 2.89. The fraction of sp³-hybridized carbons (Fsp3) is 0.481. The number of nitrogens with one attached hydrogen (secondary N) is 2. The predicted molar refractivity (Wildman–Crippen MR) is 142 cm³/mol. The number of allylic oxidation sites excluding steroid dienone is 1. The van der Waals surface area contributed by atoms with Gasteiger partial charge >= 0.3 is 11.9 Å². The Hall–Kier alpha value is -4.30. The lowest BCUT2D eigenvalue weighted by Crippen LogP contribution is -2.42. The molecule has 224 valence electrons. The summed E-state index contributed by atoms with van der Waals surface area (Å²) in [5, 5.41) is 24.5. The minimum absolute atomic E-state index is 0.00110. The molecule has 0 spiro atoms. The van der Waals surface area contributed by atoms with E-state index in [1.54, 1.807) is 13.0 Å². The van der Waals surface area contributed by atoms with Crippen LogP contribution in [0.1, 0.15) is 51.5 Å². The topological polar surface area (TPSA) is 198 Å². The van der Waals surface area contributed by atoms with Crippen LogP contribution in [0.4, 0.5) is 5.69 Å². The predicted octanol–water partition coefficient (Wildman–Crippen LogP) is 0.865. The number of carboxylic acid groups (broad SMARTS) is 1. The third-order valence-electron chi connectivity index (χ3n) is 5.76. The van der Waals surface area contributed by atoms with E-state index in [9.17, 15) is 39.0 Å². The summed E-state index contributed by atoms with van der Waals surface area (Å²) in [5.74, 6) is -2.95. The third-order valence-corrected chi connectivity index (χ3v) is 5.76. The van der Waals surface area contributed by atoms with Crippen LogP contribution in [0.15, 0.2) is 30.4 Å². The number of aliphatic carboxylic acids is 1. The number of ether oxygens (including phenoxy) is 3. The van der Waals surface area contributed by atoms with Gasteiger partial charge in [-0.1, -0.05) is 12.1 Å². The number of hydrogen-bond acceptors (Lipinski definition) is 10. The summed E-state index contributed by atoms with van der Waals surface area (Å²) < 4.78 is 16.2. The van der Waals surface area contributed by atoms with Gasteiger partial charge in [-0.25, -0.2) is 4.79 Å². The van der Waals surface area contributed by atoms with E-state index in [4.69, 9.17) is 14.2 Å². The molecule has 14 nitrogen and oxygen atoms in total. The molecule has 0 aromatic heterocycles. The highest BCUT2D eigenvalue weighted by Crippen LogP contribution is 2.30. The fourth-order valence-electron chi connectivity index (χ4n) is 3.77. The maximum atomic E-state index is 12.6. The molecular formula is C27H35N3O11. The molecule has 1 heterocycles. The monoisotopic (exact) mass is 577 g/mol. The van der Waals surface area contributed by atoms with Gasteiger partial charge in [0.1, 0.15) is 12.4 Å². The second-order valence-electron chi connectivity index (χ2n) is 9.14. The first-order valence-corrected chi connectivity index (χ1v) is 13.0. The number of carbonyl (C=O) groups is 6. The lowest BCUT2D eigenvalue weighted by molar-refractivity contribution is -0.195. The van der Waals surface area contributed by atoms with Gasteiger partial charge in [0.15, 0.2) is 6.10 Å². The molecule has 0 aliphatic carbocycles. The number of imide groups is 1. The van der Waals surface area contributed by atoms with Crippen LogP contribution in [0.25, 0.3) is 0 Å². The Morgan fingerprint density at radius 3 is 2.56 bits per heavy atom. The maximum absolute atomic E-state index is 12.6. The van der Waals surface area contributed by atoms with Gasteiger partial charge < -0.3 is 35.1 Å². The Morgan fingerprint density at radius 1 is 1.15 bits per heavy atom. The van der Waals surface area contributed by atoms with Crippen molar-refractivity contribution in [1.29, 1.82) is 0 Å². The minimum atomic E-state index is -1.26. The summed E-state index contributed by atoms with van der Waals surface area (Å²) in [5.41, 5.74) is 0.711. The van der Waals surface area contributed by atoms with E-state index in [0.29, 0.717) is 12.0 Å². The number of rotatable bonds is 15. The van der Waals surface area contributed by atoms with Crippen LogP contribution in [0, 0.1) is 0 Å². The number of benzene rings is 1. The number of hydrogen-bond donors (Lipinski definition) is 4. The standard InChI is InChI=1S/C27H35N3O11/c1-3-5-25(36)30(16-31)11-4-6-23(34)28-10-9-24(35)29-20-12-18(15-39-17(2)32)7-8-21(20)40-26-14-19(33)13-22(41-26)27(37)38/h3,5,7-8,12,16,19,22,26,33H,4,6,9-11,13-15H2,1-2H3,(H,28,34)(H,29,35)(H,37,38)/b5-3-. The smallest absolute Gasteiger partial charge is 0.333 e. The number of anilines is 1. The van der Waals surface area contributed by atoms with Crippen molar-refractivity contribution in [3.8, 4) is 5.75 Å². The number of aliphatic hydroxyl groups excluding tert-OH is 1. The Bertz CT molecular complexity index is 1140. The molecule has 1 aliphatic heterocycles. The molecule has 14 heteroatoms. The first-order chi connectivity index (χ1) is 19.5. The molecule has 1 aromatic rings. The second kappa shape index (κ2) is 16.7. The molecule has 2 rings (SSSR count). The number of carbonyl (C=O) groups excluding carboxylic acids is 5. The molecule has 3 unspecified atom stereocenters. The van der Waals surface area contributed by atoms with Crippen LogP contribution in [-0.4, -0.2) is 82.8 Å². The summed E-state index contributed by atoms with van der Waals surface area (Å²) >= 11 is 0. The van der Waals surface area contributed by atoms with Crippen molar-refractivity contribution in [2.24, 2.45) is 0 Å². The average molecular weight is 578 g/mol. The van der Waals surface area contributed by atoms with Crippen molar-refractivity contribution in [3.05, 3.63) is 35.9 Å². The summed E-state index contributed by atoms with van der Waals surface area (Å²) in [6.07, 6.45) is -0.0837. The van der Waals surface area contributed by atoms with Gasteiger partial charge in [0.05, 0.1) is 11.8 Å². The fourth-order valence-corrected chi connectivity index (χ4v) is 3.77. The largest absolute Gasteiger partial charge is 0.479 e. The molecule has 0 radical (unpaired) electrons. The molecule has 41 heavy (non-hydrogen) atoms. The lowest BCUT2D eigenvalue weighted by Gasteiger charge is -2.31. The van der Waals surface area contributed by atoms with Gasteiger partial charge in [0.2, 0.25) is 24.5 Å². The van der Waals surface area contributed by atoms with Crippen molar-refractivity contribution in [2.45, 2.75) is 71.1 Å². The molecule has 1 aromatic carbocycles. The van der Waals surface area contributed by atoms with E-state index in [-0.39, 0.29) is 69.1 Å². The van der Waals surface area contributed by atoms with Crippen LogP contribution in [0.5, 0.6) is 5.75 Å². The highest BCUT2D eigenvalue weighted by Gasteiger charge is 2.34. The van der Waals surface area contributed by atoms with Crippen LogP contribution < -0.4 is 15.4 Å². The van der Waals surface area contributed by atoms with Gasteiger partial charge in [-0.2, -0.15) is 0 Å². The van der Waals surface area contributed by atoms with Crippen LogP contribution >= 0.6 is 0 Å². The average Bonchev–Trinajstić information content (AvgIpc) is 2.91. The number of esters is 1. The van der Waals surface area contributed by atoms with Gasteiger partial charge in [0, 0.05) is 45.7 Å². The van der Waals surface area contributed by atoms with Crippen molar-refractivity contribution < 1.29 is 53.2 Å². The van der Waals surface area contributed by atoms with Crippen LogP contribution in [0.2, 0.25) is 0 Å². The van der Waals surface area contributed by atoms with E-state index >= 15 is 0 Å². The molecule has 1 fully saturated rings. The van der Waals surface area contributed by atoms with Crippen molar-refractivity contribution in [2.75, 3.05) is 18.4 Å². The molecule has 3 atom stereocenters. The van der Waals surface area contributed by atoms with E-state index in [1.807, 2.05) is 0 Å². The summed E-state index contributed by atoms with van der Waals surface area (Å²) in [4.78, 5) is 71.0. The quantitative estimate of drug-likeness (QED) is 0.131. The second-order valence-corrected chi connectivity index (χ2v) is 9.14.